The van der Waals surface area contributed by atoms with E-state index < -0.39 is 13.7 Å². The number of rotatable bonds is 4. The molecule has 0 bridgehead atoms. The van der Waals surface area contributed by atoms with E-state index >= 15 is 0 Å². The van der Waals surface area contributed by atoms with Crippen LogP contribution in [0.3, 0.4) is 0 Å². The monoisotopic (exact) mass is 434 g/mol. The van der Waals surface area contributed by atoms with E-state index in [0.29, 0.717) is 6.42 Å². The number of fused-ring (bicyclic) bond motifs is 3. The number of carbonyl (C=O) groups is 1. The van der Waals surface area contributed by atoms with E-state index in [0.717, 1.165) is 11.1 Å². The number of hydrogen-bond acceptors (Lipinski definition) is 3. The van der Waals surface area contributed by atoms with Gasteiger partial charge in [-0.15, -0.1) is 0 Å². The summed E-state index contributed by atoms with van der Waals surface area (Å²) >= 11 is 0. The van der Waals surface area contributed by atoms with Gasteiger partial charge in [-0.1, -0.05) is 80.9 Å². The van der Waals surface area contributed by atoms with E-state index in [1.807, 2.05) is 12.1 Å². The fraction of sp³-hybridized carbons (Fsp3) is 0.444. The van der Waals surface area contributed by atoms with Crippen LogP contribution in [0.2, 0.25) is 18.1 Å². The van der Waals surface area contributed by atoms with Gasteiger partial charge in [-0.05, 0) is 53.7 Å². The first-order chi connectivity index (χ1) is 14.5. The number of esters is 1. The lowest BCUT2D eigenvalue weighted by atomic mass is 9.74. The predicted molar refractivity (Wildman–Crippen MR) is 128 cm³/mol. The van der Waals surface area contributed by atoms with Gasteiger partial charge in [0.2, 0.25) is 0 Å². The van der Waals surface area contributed by atoms with E-state index in [9.17, 15) is 4.79 Å². The molecule has 2 aliphatic rings. The number of ether oxygens (including phenoxy) is 1. The maximum atomic E-state index is 13.5. The minimum absolute atomic E-state index is 0.0540. The molecule has 3 nitrogen and oxygen atoms in total. The van der Waals surface area contributed by atoms with Crippen LogP contribution < -0.4 is 0 Å². The molecule has 0 radical (unpaired) electrons. The molecule has 2 aromatic rings. The van der Waals surface area contributed by atoms with Gasteiger partial charge in [-0.3, -0.25) is 4.79 Å². The highest BCUT2D eigenvalue weighted by atomic mass is 28.4. The molecule has 0 N–H and O–H groups in total. The van der Waals surface area contributed by atoms with Gasteiger partial charge >= 0.3 is 5.97 Å². The van der Waals surface area contributed by atoms with Gasteiger partial charge in [0.1, 0.15) is 5.41 Å². The molecule has 4 heteroatoms. The fourth-order valence-electron chi connectivity index (χ4n) is 5.25. The lowest BCUT2D eigenvalue weighted by Gasteiger charge is -2.41. The van der Waals surface area contributed by atoms with Crippen molar-refractivity contribution in [3.05, 3.63) is 76.9 Å². The van der Waals surface area contributed by atoms with Crippen molar-refractivity contribution >= 4 is 19.9 Å². The molecule has 0 heterocycles. The molecule has 4 rings (SSSR count). The summed E-state index contributed by atoms with van der Waals surface area (Å²) in [5, 5.41) is 0.0803. The van der Waals surface area contributed by atoms with Crippen molar-refractivity contribution in [2.24, 2.45) is 5.92 Å². The third kappa shape index (κ3) is 3.23. The van der Waals surface area contributed by atoms with Gasteiger partial charge in [0.15, 0.2) is 8.32 Å². The smallest absolute Gasteiger partial charge is 0.317 e. The third-order valence-corrected chi connectivity index (χ3v) is 12.3. The SMILES string of the molecule is COC(=O)[C@@]12CC(c3ccccc3)=C(C)[C@@H]1[C@@H](O[Si](C)(C)C(C)(C)C)c1ccccc12. The second-order valence-corrected chi connectivity index (χ2v) is 15.3. The molecule has 0 saturated carbocycles. The summed E-state index contributed by atoms with van der Waals surface area (Å²) in [6, 6.07) is 18.8. The number of hydrogen-bond donors (Lipinski definition) is 0. The Morgan fingerprint density at radius 2 is 1.65 bits per heavy atom. The second-order valence-electron chi connectivity index (χ2n) is 10.5. The average Bonchev–Trinajstić information content (AvgIpc) is 3.19. The third-order valence-electron chi connectivity index (χ3n) is 7.88. The van der Waals surface area contributed by atoms with Gasteiger partial charge in [0, 0.05) is 5.92 Å². The summed E-state index contributed by atoms with van der Waals surface area (Å²) in [7, 11) is -0.573. The first-order valence-corrected chi connectivity index (χ1v) is 14.1. The minimum Gasteiger partial charge on any atom is -0.468 e. The fourth-order valence-corrected chi connectivity index (χ4v) is 6.50. The molecule has 2 aliphatic carbocycles. The maximum Gasteiger partial charge on any atom is 0.317 e. The zero-order valence-corrected chi connectivity index (χ0v) is 20.8. The number of allylic oxidation sites excluding steroid dienone is 1. The van der Waals surface area contributed by atoms with E-state index in [1.165, 1.54) is 23.8 Å². The Morgan fingerprint density at radius 1 is 1.03 bits per heavy atom. The largest absolute Gasteiger partial charge is 0.468 e. The molecule has 3 atom stereocenters. The first kappa shape index (κ1) is 22.0. The minimum atomic E-state index is -2.08. The summed E-state index contributed by atoms with van der Waals surface area (Å²) in [4.78, 5) is 13.5. The van der Waals surface area contributed by atoms with Crippen LogP contribution in [0.5, 0.6) is 0 Å². The standard InChI is InChI=1S/C27H34O3Si/c1-18-21(19-13-9-8-10-14-19)17-27(25(28)29-5)22-16-12-11-15-20(22)24(23(18)27)30-31(6,7)26(2,3)4/h8-16,23-24H,17H2,1-7H3/t23-,24+,27-/m1/s1. The molecule has 2 aromatic carbocycles. The topological polar surface area (TPSA) is 35.5 Å². The van der Waals surface area contributed by atoms with E-state index in [1.54, 1.807) is 0 Å². The van der Waals surface area contributed by atoms with E-state index in [4.69, 9.17) is 9.16 Å². The summed E-state index contributed by atoms with van der Waals surface area (Å²) in [5.41, 5.74) is 5.16. The van der Waals surface area contributed by atoms with Gasteiger partial charge in [-0.25, -0.2) is 0 Å². The zero-order valence-electron chi connectivity index (χ0n) is 19.8. The maximum absolute atomic E-state index is 13.5. The predicted octanol–water partition coefficient (Wildman–Crippen LogP) is 6.67. The van der Waals surface area contributed by atoms with Crippen molar-refractivity contribution in [3.8, 4) is 0 Å². The van der Waals surface area contributed by atoms with E-state index in [2.05, 4.69) is 83.3 Å². The van der Waals surface area contributed by atoms with Crippen molar-refractivity contribution < 1.29 is 14.0 Å². The van der Waals surface area contributed by atoms with Crippen molar-refractivity contribution in [2.75, 3.05) is 7.11 Å². The lowest BCUT2D eigenvalue weighted by molar-refractivity contribution is -0.149. The van der Waals surface area contributed by atoms with Crippen molar-refractivity contribution in [1.82, 2.24) is 0 Å². The second kappa shape index (κ2) is 7.46. The number of carbonyl (C=O) groups excluding carboxylic acids is 1. The molecule has 0 aliphatic heterocycles. The molecular weight excluding hydrogens is 400 g/mol. The Bertz CT molecular complexity index is 1030. The summed E-state index contributed by atoms with van der Waals surface area (Å²) in [5.74, 6) is -0.210. The van der Waals surface area contributed by atoms with Crippen molar-refractivity contribution in [2.45, 2.75) is 63.8 Å². The summed E-state index contributed by atoms with van der Waals surface area (Å²) < 4.78 is 12.5. The van der Waals surface area contributed by atoms with Crippen LogP contribution in [0.1, 0.15) is 56.9 Å². The van der Waals surface area contributed by atoms with Crippen molar-refractivity contribution in [3.63, 3.8) is 0 Å². The molecule has 164 valence electrons. The highest BCUT2D eigenvalue weighted by Crippen LogP contribution is 2.64. The molecule has 0 saturated heterocycles. The molecule has 0 amide bonds. The molecule has 31 heavy (non-hydrogen) atoms. The van der Waals surface area contributed by atoms with Gasteiger partial charge in [-0.2, -0.15) is 0 Å². The van der Waals surface area contributed by atoms with Crippen LogP contribution in [-0.2, 0) is 19.4 Å². The highest BCUT2D eigenvalue weighted by molar-refractivity contribution is 6.74. The van der Waals surface area contributed by atoms with Crippen LogP contribution in [0.25, 0.3) is 5.57 Å². The Balaban J connectivity index is 1.92. The van der Waals surface area contributed by atoms with Crippen LogP contribution in [-0.4, -0.2) is 21.4 Å². The van der Waals surface area contributed by atoms with E-state index in [-0.39, 0.29) is 23.0 Å². The Morgan fingerprint density at radius 3 is 2.26 bits per heavy atom. The summed E-state index contributed by atoms with van der Waals surface area (Å²) in [6.07, 6.45) is 0.506. The van der Waals surface area contributed by atoms with Gasteiger partial charge < -0.3 is 9.16 Å². The van der Waals surface area contributed by atoms with Crippen LogP contribution in [0.4, 0.5) is 0 Å². The molecule has 0 aromatic heterocycles. The average molecular weight is 435 g/mol. The highest BCUT2D eigenvalue weighted by Gasteiger charge is 2.63. The quantitative estimate of drug-likeness (QED) is 0.398. The van der Waals surface area contributed by atoms with Crippen LogP contribution >= 0.6 is 0 Å². The Kier molecular flexibility index (Phi) is 5.30. The van der Waals surface area contributed by atoms with Gasteiger partial charge in [0.25, 0.3) is 0 Å². The Labute approximate surface area is 187 Å². The Hall–Kier alpha value is -2.17. The summed E-state index contributed by atoms with van der Waals surface area (Å²) in [6.45, 7) is 13.6. The lowest BCUT2D eigenvalue weighted by Crippen LogP contribution is -2.45. The normalized spacial score (nSPS) is 25.4. The first-order valence-electron chi connectivity index (χ1n) is 11.2. The molecule has 0 spiro atoms. The van der Waals surface area contributed by atoms with Gasteiger partial charge in [0.05, 0.1) is 13.2 Å². The van der Waals surface area contributed by atoms with Crippen molar-refractivity contribution in [1.29, 1.82) is 0 Å². The van der Waals surface area contributed by atoms with Crippen LogP contribution in [0, 0.1) is 5.92 Å². The zero-order chi connectivity index (χ0) is 22.6. The molecule has 0 unspecified atom stereocenters. The van der Waals surface area contributed by atoms with Crippen LogP contribution in [0.15, 0.2) is 60.2 Å². The number of methoxy groups -OCH3 is 1. The molecular formula is C27H34O3Si. The number of benzene rings is 2. The molecule has 0 fully saturated rings.